The fraction of sp³-hybridized carbons (Fsp3) is 0.273. The summed E-state index contributed by atoms with van der Waals surface area (Å²) in [5, 5.41) is 23.9. The molecule has 0 saturated heterocycles. The van der Waals surface area contributed by atoms with Gasteiger partial charge in [-0.15, -0.1) is 0 Å². The first kappa shape index (κ1) is 66.0. The number of amides is 5. The van der Waals surface area contributed by atoms with Gasteiger partial charge < -0.3 is 59.3 Å². The Morgan fingerprint density at radius 3 is 1.31 bits per heavy atom. The lowest BCUT2D eigenvalue weighted by Gasteiger charge is -2.08. The predicted molar refractivity (Wildman–Crippen MR) is 379 cm³/mol. The molecule has 0 bridgehead atoms. The van der Waals surface area contributed by atoms with E-state index < -0.39 is 0 Å². The van der Waals surface area contributed by atoms with Crippen molar-refractivity contribution < 1.29 is 38.6 Å². The van der Waals surface area contributed by atoms with Gasteiger partial charge >= 0.3 is 5.97 Å². The number of aromatic nitrogens is 9. The summed E-state index contributed by atoms with van der Waals surface area (Å²) in [6.45, 7) is 10.2. The normalized spacial score (nSPS) is 13.6. The summed E-state index contributed by atoms with van der Waals surface area (Å²) in [5.74, 6) is 3.55. The van der Waals surface area contributed by atoms with Crippen LogP contribution in [0.5, 0.6) is 5.75 Å². The number of phenols is 1. The van der Waals surface area contributed by atoms with Crippen LogP contribution in [0.2, 0.25) is 0 Å². The molecule has 22 nitrogen and oxygen atoms in total. The van der Waals surface area contributed by atoms with Crippen molar-refractivity contribution >= 4 is 79.6 Å². The van der Waals surface area contributed by atoms with Crippen molar-refractivity contribution in [3.05, 3.63) is 231 Å². The van der Waals surface area contributed by atoms with E-state index in [4.69, 9.17) is 19.7 Å². The monoisotopic (exact) mass is 1330 g/mol. The van der Waals surface area contributed by atoms with Crippen molar-refractivity contribution in [1.82, 2.24) is 69.4 Å². The van der Waals surface area contributed by atoms with E-state index in [1.807, 2.05) is 126 Å². The molecule has 0 radical (unpaired) electrons. The molecular weight excluding hydrogens is 1250 g/mol. The van der Waals surface area contributed by atoms with Gasteiger partial charge in [0.2, 0.25) is 5.91 Å². The van der Waals surface area contributed by atoms with Gasteiger partial charge in [0, 0.05) is 97.8 Å². The maximum Gasteiger partial charge on any atom is 0.338 e. The number of carbonyl (C=O) groups excluding carboxylic acids is 6. The molecule has 0 saturated carbocycles. The summed E-state index contributed by atoms with van der Waals surface area (Å²) in [5.41, 5.74) is 16.4. The van der Waals surface area contributed by atoms with Crippen LogP contribution in [0, 0.1) is 0 Å². The van der Waals surface area contributed by atoms with Gasteiger partial charge in [0.25, 0.3) is 23.6 Å². The van der Waals surface area contributed by atoms with E-state index in [0.717, 1.165) is 142 Å². The van der Waals surface area contributed by atoms with E-state index in [9.17, 15) is 33.9 Å². The Balaban J connectivity index is 0.000000119. The van der Waals surface area contributed by atoms with Crippen LogP contribution >= 0.6 is 0 Å². The van der Waals surface area contributed by atoms with E-state index >= 15 is 0 Å². The Bertz CT molecular complexity index is 5000. The topological polar surface area (TPSA) is 268 Å². The quantitative estimate of drug-likeness (QED) is 0.0494. The minimum absolute atomic E-state index is 0.000884. The van der Waals surface area contributed by atoms with Gasteiger partial charge in [0.15, 0.2) is 5.82 Å². The van der Waals surface area contributed by atoms with E-state index in [-0.39, 0.29) is 41.3 Å². The van der Waals surface area contributed by atoms with Gasteiger partial charge in [-0.05, 0) is 140 Å². The Kier molecular flexibility index (Phi) is 19.8. The minimum atomic E-state index is -0.297. The van der Waals surface area contributed by atoms with Crippen LogP contribution in [-0.4, -0.2) is 123 Å². The summed E-state index contributed by atoms with van der Waals surface area (Å²) in [6.07, 6.45) is 8.06. The summed E-state index contributed by atoms with van der Waals surface area (Å²) >= 11 is 0. The van der Waals surface area contributed by atoms with Crippen molar-refractivity contribution in [1.29, 1.82) is 0 Å². The summed E-state index contributed by atoms with van der Waals surface area (Å²) in [6, 6.07) is 50.0. The number of rotatable bonds is 16. The van der Waals surface area contributed by atoms with Gasteiger partial charge in [-0.25, -0.2) is 24.7 Å². The average Bonchev–Trinajstić information content (AvgIpc) is 1.64. The number of hydrogen-bond acceptors (Lipinski definition) is 12. The smallest absolute Gasteiger partial charge is 0.338 e. The van der Waals surface area contributed by atoms with Crippen molar-refractivity contribution in [3.8, 4) is 17.3 Å². The Labute approximate surface area is 571 Å². The zero-order valence-corrected chi connectivity index (χ0v) is 55.6. The molecule has 9 heterocycles. The van der Waals surface area contributed by atoms with Gasteiger partial charge in [-0.2, -0.15) is 0 Å². The molecular formula is C77H78N14O8. The number of aromatic hydroxyl groups is 1. The van der Waals surface area contributed by atoms with Crippen molar-refractivity contribution in [2.24, 2.45) is 7.05 Å². The van der Waals surface area contributed by atoms with E-state index in [2.05, 4.69) is 76.5 Å². The molecule has 0 atom stereocenters. The molecule has 5 aromatic heterocycles. The van der Waals surface area contributed by atoms with Gasteiger partial charge in [-0.1, -0.05) is 79.7 Å². The third-order valence-electron chi connectivity index (χ3n) is 18.4. The third-order valence-corrected chi connectivity index (χ3v) is 18.4. The van der Waals surface area contributed by atoms with Crippen LogP contribution in [-0.2, 0) is 87.7 Å². The SMILES string of the molecule is CCOC(=O)c1ccc(CCc2nc3cccc4c3n2CCNC4=O)cc1.CCc1ccc(CCc2nc3cccc4c3n2CCNC4=O)cc1.Cn1cccc1-c1nc2cccc3c2n1CCNC3=O.O=C(CCc1nc2cccc3c2n1CCNC3=O)NCCc1ccc(O)cc1. The highest BCUT2D eigenvalue weighted by molar-refractivity contribution is 6.08. The van der Waals surface area contributed by atoms with Gasteiger partial charge in [0.1, 0.15) is 23.2 Å². The maximum atomic E-state index is 12.2. The largest absolute Gasteiger partial charge is 0.508 e. The molecule has 504 valence electrons. The number of phenolic OH excluding ortho intramolecular Hbond substituents is 1. The standard InChI is InChI=1S/C21H22N4O3.C21H21N3O3.C20H21N3O.C15H14N4O/c26-15-6-4-14(5-7-15)10-11-22-19(27)9-8-18-24-17-3-1-2-16-20(17)25(18)13-12-23-21(16)28;1-2-27-21(26)15-9-6-14(7-10-15)8-11-18-23-17-5-3-4-16-19(17)24(18)13-12-22-20(16)25;1-2-14-6-8-15(9-7-14)10-11-18-22-17-5-3-4-16-19(17)23(18)13-12-21-20(16)24;1-18-8-3-6-12(18)14-17-11-5-2-4-10-13(11)19(14)9-7-16-15(10)20/h1-7,26H,8-13H2,(H,22,27)(H,23,28);3-7,9-10H,2,8,11-13H2,1H3,(H,22,25);3-9H,2,10-13H2,1H3,(H,21,24);2-6,8H,7,9H2,1H3,(H,16,20). The molecule has 4 aliphatic rings. The van der Waals surface area contributed by atoms with Crippen LogP contribution in [0.25, 0.3) is 55.7 Å². The number of benzene rings is 7. The molecule has 5 amide bonds. The number of esters is 1. The fourth-order valence-electron chi connectivity index (χ4n) is 13.3. The highest BCUT2D eigenvalue weighted by Gasteiger charge is 2.26. The number of aryl methyl sites for hydroxylation is 7. The van der Waals surface area contributed by atoms with Crippen LogP contribution in [0.3, 0.4) is 0 Å². The predicted octanol–water partition coefficient (Wildman–Crippen LogP) is 9.43. The second-order valence-corrected chi connectivity index (χ2v) is 24.7. The zero-order valence-electron chi connectivity index (χ0n) is 55.6. The average molecular weight is 1330 g/mol. The molecule has 0 spiro atoms. The Hall–Kier alpha value is -11.7. The lowest BCUT2D eigenvalue weighted by molar-refractivity contribution is -0.121. The second kappa shape index (κ2) is 29.8. The second-order valence-electron chi connectivity index (χ2n) is 24.7. The molecule has 16 rings (SSSR count). The molecule has 12 aromatic rings. The third kappa shape index (κ3) is 14.4. The number of carbonyl (C=O) groups is 6. The molecule has 0 unspecified atom stereocenters. The zero-order chi connectivity index (χ0) is 68.5. The van der Waals surface area contributed by atoms with E-state index in [1.54, 1.807) is 37.3 Å². The molecule has 6 N–H and O–H groups in total. The first-order valence-electron chi connectivity index (χ1n) is 33.9. The number of nitrogens with zero attached hydrogens (tertiary/aromatic N) is 9. The first-order chi connectivity index (χ1) is 48.3. The number of nitrogens with one attached hydrogen (secondary N) is 5. The van der Waals surface area contributed by atoms with Crippen LogP contribution in [0.4, 0.5) is 0 Å². The Morgan fingerprint density at radius 1 is 0.465 bits per heavy atom. The van der Waals surface area contributed by atoms with E-state index in [1.165, 1.54) is 11.1 Å². The molecule has 7 aromatic carbocycles. The van der Waals surface area contributed by atoms with Gasteiger partial charge in [0.05, 0.1) is 84.3 Å². The van der Waals surface area contributed by atoms with Gasteiger partial charge in [-0.3, -0.25) is 24.0 Å². The highest BCUT2D eigenvalue weighted by Crippen LogP contribution is 2.30. The van der Waals surface area contributed by atoms with Crippen LogP contribution in [0.15, 0.2) is 164 Å². The fourth-order valence-corrected chi connectivity index (χ4v) is 13.3. The number of ether oxygens (including phenoxy) is 1. The first-order valence-corrected chi connectivity index (χ1v) is 33.9. The number of imidazole rings is 4. The van der Waals surface area contributed by atoms with Crippen molar-refractivity contribution in [2.75, 3.05) is 39.3 Å². The highest BCUT2D eigenvalue weighted by atomic mass is 16.5. The summed E-state index contributed by atoms with van der Waals surface area (Å²) < 4.78 is 15.6. The summed E-state index contributed by atoms with van der Waals surface area (Å²) in [4.78, 5) is 91.6. The number of para-hydroxylation sites is 4. The van der Waals surface area contributed by atoms with Crippen molar-refractivity contribution in [2.45, 2.75) is 91.4 Å². The molecule has 4 aliphatic heterocycles. The van der Waals surface area contributed by atoms with Crippen LogP contribution in [0.1, 0.15) is 112 Å². The molecule has 22 heteroatoms. The maximum absolute atomic E-state index is 12.2. The van der Waals surface area contributed by atoms with E-state index in [0.29, 0.717) is 87.4 Å². The number of hydrogen-bond donors (Lipinski definition) is 6. The molecule has 0 fully saturated rings. The van der Waals surface area contributed by atoms with Crippen LogP contribution < -0.4 is 26.6 Å². The molecule has 99 heavy (non-hydrogen) atoms. The van der Waals surface area contributed by atoms with Crippen molar-refractivity contribution in [3.63, 3.8) is 0 Å². The lowest BCUT2D eigenvalue weighted by atomic mass is 10.1. The minimum Gasteiger partial charge on any atom is -0.508 e. The summed E-state index contributed by atoms with van der Waals surface area (Å²) in [7, 11) is 2.00. The Morgan fingerprint density at radius 2 is 0.869 bits per heavy atom. The molecule has 0 aliphatic carbocycles. The lowest BCUT2D eigenvalue weighted by Crippen LogP contribution is -2.26.